The molecule has 4 nitrogen and oxygen atoms in total. The number of benzene rings is 1. The van der Waals surface area contributed by atoms with Gasteiger partial charge < -0.3 is 4.74 Å². The van der Waals surface area contributed by atoms with Gasteiger partial charge in [0.15, 0.2) is 0 Å². The third kappa shape index (κ3) is 4.30. The quantitative estimate of drug-likeness (QED) is 0.625. The van der Waals surface area contributed by atoms with Crippen molar-refractivity contribution in [3.8, 4) is 5.75 Å². The van der Waals surface area contributed by atoms with Gasteiger partial charge in [-0.05, 0) is 17.7 Å². The number of nitroso groups, excluding NO2 is 1. The molecule has 15 heavy (non-hydrogen) atoms. The molecule has 82 valence electrons. The first-order valence-corrected chi connectivity index (χ1v) is 3.91. The molecule has 0 fully saturated rings. The lowest BCUT2D eigenvalue weighted by Gasteiger charge is -2.09. The second-order valence-corrected chi connectivity index (χ2v) is 2.62. The fraction of sp³-hybridized carbons (Fsp3) is 0.250. The van der Waals surface area contributed by atoms with Crippen molar-refractivity contribution in [2.24, 2.45) is 5.29 Å². The predicted molar refractivity (Wildman–Crippen MR) is 45.8 cm³/mol. The van der Waals surface area contributed by atoms with Crippen LogP contribution in [0.2, 0.25) is 0 Å². The Morgan fingerprint density at radius 1 is 1.40 bits per heavy atom. The second kappa shape index (κ2) is 4.63. The summed E-state index contributed by atoms with van der Waals surface area (Å²) in [6.07, 6.45) is -4.71. The van der Waals surface area contributed by atoms with Gasteiger partial charge in [-0.1, -0.05) is 12.1 Å². The molecule has 0 bridgehead atoms. The minimum atomic E-state index is -4.71. The van der Waals surface area contributed by atoms with Gasteiger partial charge in [-0.2, -0.15) is 0 Å². The van der Waals surface area contributed by atoms with Crippen molar-refractivity contribution < 1.29 is 17.9 Å². The van der Waals surface area contributed by atoms with Gasteiger partial charge in [-0.25, -0.2) is 0 Å². The maximum atomic E-state index is 11.8. The molecule has 0 aliphatic rings. The van der Waals surface area contributed by atoms with E-state index in [9.17, 15) is 18.1 Å². The lowest BCUT2D eigenvalue weighted by Crippen LogP contribution is -2.17. The van der Waals surface area contributed by atoms with E-state index < -0.39 is 6.36 Å². The maximum Gasteiger partial charge on any atom is 0.573 e. The normalized spacial score (nSPS) is 10.9. The van der Waals surface area contributed by atoms with Gasteiger partial charge in [-0.3, -0.25) is 5.43 Å². The Hall–Kier alpha value is -1.79. The van der Waals surface area contributed by atoms with Crippen molar-refractivity contribution in [3.63, 3.8) is 0 Å². The van der Waals surface area contributed by atoms with Gasteiger partial charge in [-0.15, -0.1) is 18.1 Å². The first kappa shape index (κ1) is 11.3. The minimum absolute atomic E-state index is 0.0541. The van der Waals surface area contributed by atoms with E-state index in [2.05, 4.69) is 15.4 Å². The molecule has 0 unspecified atom stereocenters. The van der Waals surface area contributed by atoms with Gasteiger partial charge in [0, 0.05) is 5.29 Å². The second-order valence-electron chi connectivity index (χ2n) is 2.62. The smallest absolute Gasteiger partial charge is 0.406 e. The highest BCUT2D eigenvalue weighted by atomic mass is 19.4. The first-order valence-electron chi connectivity index (χ1n) is 3.91. The molecule has 0 heterocycles. The predicted octanol–water partition coefficient (Wildman–Crippen LogP) is 2.36. The standard InChI is InChI=1S/C8H7F3N2O2/c9-8(10,11)15-7-3-1-2-6(4-7)5-12-13-14/h1-4H,5H2,(H,12,14). The Bertz CT molecular complexity index is 341. The van der Waals surface area contributed by atoms with E-state index in [1.54, 1.807) is 6.07 Å². The Morgan fingerprint density at radius 3 is 2.73 bits per heavy atom. The molecule has 0 radical (unpaired) electrons. The molecule has 7 heteroatoms. The fourth-order valence-electron chi connectivity index (χ4n) is 0.976. The summed E-state index contributed by atoms with van der Waals surface area (Å²) in [4.78, 5) is 9.72. The molecule has 0 amide bonds. The van der Waals surface area contributed by atoms with Crippen LogP contribution in [-0.2, 0) is 6.54 Å². The highest BCUT2D eigenvalue weighted by Crippen LogP contribution is 2.23. The van der Waals surface area contributed by atoms with Gasteiger partial charge in [0.2, 0.25) is 0 Å². The molecular weight excluding hydrogens is 213 g/mol. The molecular formula is C8H7F3N2O2. The molecule has 1 aromatic carbocycles. The number of ether oxygens (including phenoxy) is 1. The number of nitrogens with zero attached hydrogens (tertiary/aromatic N) is 1. The third-order valence-corrected chi connectivity index (χ3v) is 1.48. The van der Waals surface area contributed by atoms with Crippen LogP contribution in [0.4, 0.5) is 13.2 Å². The van der Waals surface area contributed by atoms with Crippen LogP contribution in [0, 0.1) is 4.91 Å². The average molecular weight is 220 g/mol. The largest absolute Gasteiger partial charge is 0.573 e. The third-order valence-electron chi connectivity index (χ3n) is 1.48. The highest BCUT2D eigenvalue weighted by molar-refractivity contribution is 5.28. The van der Waals surface area contributed by atoms with E-state index >= 15 is 0 Å². The van der Waals surface area contributed by atoms with Crippen LogP contribution < -0.4 is 10.2 Å². The molecule has 0 spiro atoms. The first-order chi connectivity index (χ1) is 7.01. The van der Waals surface area contributed by atoms with Crippen molar-refractivity contribution in [3.05, 3.63) is 34.7 Å². The molecule has 0 aliphatic carbocycles. The van der Waals surface area contributed by atoms with Crippen molar-refractivity contribution in [1.29, 1.82) is 0 Å². The van der Waals surface area contributed by atoms with Crippen molar-refractivity contribution in [2.75, 3.05) is 0 Å². The lowest BCUT2D eigenvalue weighted by atomic mass is 10.2. The lowest BCUT2D eigenvalue weighted by molar-refractivity contribution is -0.274. The van der Waals surface area contributed by atoms with Crippen LogP contribution in [0.1, 0.15) is 5.56 Å². The summed E-state index contributed by atoms with van der Waals surface area (Å²) >= 11 is 0. The summed E-state index contributed by atoms with van der Waals surface area (Å²) in [5.74, 6) is -0.326. The van der Waals surface area contributed by atoms with E-state index in [4.69, 9.17) is 0 Å². The summed E-state index contributed by atoms with van der Waals surface area (Å²) in [6, 6.07) is 5.28. The summed E-state index contributed by atoms with van der Waals surface area (Å²) in [6.45, 7) is 0.0541. The minimum Gasteiger partial charge on any atom is -0.406 e. The molecule has 0 saturated carbocycles. The number of rotatable bonds is 4. The molecule has 1 rings (SSSR count). The summed E-state index contributed by atoms with van der Waals surface area (Å²) < 4.78 is 39.1. The molecule has 0 atom stereocenters. The van der Waals surface area contributed by atoms with Crippen molar-refractivity contribution >= 4 is 0 Å². The Balaban J connectivity index is 2.69. The average Bonchev–Trinajstić information content (AvgIpc) is 2.12. The van der Waals surface area contributed by atoms with Crippen molar-refractivity contribution in [1.82, 2.24) is 5.43 Å². The fourth-order valence-corrected chi connectivity index (χ4v) is 0.976. The molecule has 0 saturated heterocycles. The SMILES string of the molecule is O=NNCc1cccc(OC(F)(F)F)c1. The van der Waals surface area contributed by atoms with E-state index in [-0.39, 0.29) is 12.3 Å². The summed E-state index contributed by atoms with van der Waals surface area (Å²) in [5.41, 5.74) is 2.56. The van der Waals surface area contributed by atoms with E-state index in [0.29, 0.717) is 5.56 Å². The monoisotopic (exact) mass is 220 g/mol. The Labute approximate surface area is 83.0 Å². The molecule has 0 aliphatic heterocycles. The zero-order valence-electron chi connectivity index (χ0n) is 7.41. The van der Waals surface area contributed by atoms with Crippen LogP contribution in [0.25, 0.3) is 0 Å². The number of hydrogen-bond donors (Lipinski definition) is 1. The zero-order valence-corrected chi connectivity index (χ0v) is 7.41. The van der Waals surface area contributed by atoms with Crippen molar-refractivity contribution in [2.45, 2.75) is 12.9 Å². The van der Waals surface area contributed by atoms with E-state index in [1.165, 1.54) is 18.2 Å². The number of alkyl halides is 3. The molecule has 1 aromatic rings. The van der Waals surface area contributed by atoms with Crippen LogP contribution >= 0.6 is 0 Å². The van der Waals surface area contributed by atoms with Gasteiger partial charge >= 0.3 is 6.36 Å². The Kier molecular flexibility index (Phi) is 3.48. The topological polar surface area (TPSA) is 50.7 Å². The van der Waals surface area contributed by atoms with Crippen LogP contribution in [0.3, 0.4) is 0 Å². The Morgan fingerprint density at radius 2 is 2.13 bits per heavy atom. The van der Waals surface area contributed by atoms with Crippen LogP contribution in [0.5, 0.6) is 5.75 Å². The summed E-state index contributed by atoms with van der Waals surface area (Å²) in [5, 5.41) is 2.37. The molecule has 0 aromatic heterocycles. The number of nitrogens with one attached hydrogen (secondary N) is 1. The van der Waals surface area contributed by atoms with Crippen LogP contribution in [-0.4, -0.2) is 6.36 Å². The zero-order chi connectivity index (χ0) is 11.3. The number of halogens is 3. The van der Waals surface area contributed by atoms with E-state index in [1.807, 2.05) is 0 Å². The van der Waals surface area contributed by atoms with Gasteiger partial charge in [0.25, 0.3) is 0 Å². The summed E-state index contributed by atoms with van der Waals surface area (Å²) in [7, 11) is 0. The highest BCUT2D eigenvalue weighted by Gasteiger charge is 2.31. The molecule has 1 N–H and O–H groups in total. The maximum absolute atomic E-state index is 11.8. The van der Waals surface area contributed by atoms with Gasteiger partial charge in [0.1, 0.15) is 5.75 Å². The van der Waals surface area contributed by atoms with Crippen LogP contribution in [0.15, 0.2) is 29.6 Å². The number of hydrogen-bond acceptors (Lipinski definition) is 3. The van der Waals surface area contributed by atoms with Gasteiger partial charge in [0.05, 0.1) is 6.54 Å². The van der Waals surface area contributed by atoms with E-state index in [0.717, 1.165) is 0 Å².